The molecule has 182 valence electrons. The second-order valence-electron chi connectivity index (χ2n) is 9.50. The maximum Gasteiger partial charge on any atom is 0.226 e. The average Bonchev–Trinajstić information content (AvgIpc) is 3.25. The Kier molecular flexibility index (Phi) is 5.71. The van der Waals surface area contributed by atoms with Gasteiger partial charge in [0.1, 0.15) is 6.04 Å². The molecule has 1 aliphatic carbocycles. The predicted molar refractivity (Wildman–Crippen MR) is 133 cm³/mol. The second kappa shape index (κ2) is 8.61. The molecule has 35 heavy (non-hydrogen) atoms. The molecule has 1 aliphatic heterocycles. The number of anilines is 1. The Hall–Kier alpha value is -3.52. The molecular formula is C26H27ClN4O4. The number of carbonyl (C=O) groups excluding carboxylic acids is 1. The number of nitrogens with one attached hydrogen (secondary N) is 1. The molecule has 3 aromatic rings. The number of hydrogen-bond acceptors (Lipinski definition) is 7. The maximum atomic E-state index is 13.4. The molecule has 0 saturated carbocycles. The maximum absolute atomic E-state index is 13.4. The van der Waals surface area contributed by atoms with Crippen LogP contribution in [0.2, 0.25) is 5.02 Å². The van der Waals surface area contributed by atoms with E-state index in [2.05, 4.69) is 19.2 Å². The van der Waals surface area contributed by atoms with E-state index in [1.54, 1.807) is 38.1 Å². The summed E-state index contributed by atoms with van der Waals surface area (Å²) in [5.41, 5.74) is 2.89. The van der Waals surface area contributed by atoms with Gasteiger partial charge in [0.15, 0.2) is 23.1 Å². The van der Waals surface area contributed by atoms with Crippen LogP contribution in [-0.2, 0) is 4.79 Å². The number of hydrogen-bond donors (Lipinski definition) is 1. The van der Waals surface area contributed by atoms with Crippen molar-refractivity contribution in [2.45, 2.75) is 32.7 Å². The van der Waals surface area contributed by atoms with Gasteiger partial charge in [0.25, 0.3) is 0 Å². The molecule has 1 N–H and O–H groups in total. The number of aromatic nitrogens is 3. The van der Waals surface area contributed by atoms with E-state index in [4.69, 9.17) is 35.9 Å². The molecule has 0 fully saturated rings. The minimum absolute atomic E-state index is 0.0872. The fourth-order valence-electron chi connectivity index (χ4n) is 4.93. The Morgan fingerprint density at radius 2 is 1.74 bits per heavy atom. The minimum Gasteiger partial charge on any atom is -0.493 e. The van der Waals surface area contributed by atoms with Gasteiger partial charge in [-0.25, -0.2) is 4.68 Å². The van der Waals surface area contributed by atoms with Crippen LogP contribution in [-0.4, -0.2) is 41.9 Å². The van der Waals surface area contributed by atoms with E-state index in [1.807, 2.05) is 24.3 Å². The quantitative estimate of drug-likeness (QED) is 0.516. The molecular weight excluding hydrogens is 468 g/mol. The summed E-state index contributed by atoms with van der Waals surface area (Å²) in [6, 6.07) is 10.7. The zero-order valence-corrected chi connectivity index (χ0v) is 21.1. The average molecular weight is 495 g/mol. The summed E-state index contributed by atoms with van der Waals surface area (Å²) in [4.78, 5) is 18.2. The molecule has 5 rings (SSSR count). The summed E-state index contributed by atoms with van der Waals surface area (Å²) in [6.45, 7) is 4.20. The molecule has 0 saturated heterocycles. The Morgan fingerprint density at radius 1 is 1.06 bits per heavy atom. The third kappa shape index (κ3) is 3.91. The number of ketones is 1. The monoisotopic (exact) mass is 494 g/mol. The summed E-state index contributed by atoms with van der Waals surface area (Å²) in [7, 11) is 4.68. The van der Waals surface area contributed by atoms with Gasteiger partial charge in [-0.3, -0.25) is 4.79 Å². The Bertz CT molecular complexity index is 1340. The highest BCUT2D eigenvalue weighted by atomic mass is 35.5. The molecule has 2 heterocycles. The summed E-state index contributed by atoms with van der Waals surface area (Å²) in [6.07, 6.45) is 1.18. The third-order valence-electron chi connectivity index (χ3n) is 6.45. The zero-order chi connectivity index (χ0) is 24.9. The highest BCUT2D eigenvalue weighted by Crippen LogP contribution is 2.47. The lowest BCUT2D eigenvalue weighted by atomic mass is 9.73. The van der Waals surface area contributed by atoms with Crippen LogP contribution in [0.1, 0.15) is 38.3 Å². The van der Waals surface area contributed by atoms with Gasteiger partial charge >= 0.3 is 0 Å². The first-order valence-corrected chi connectivity index (χ1v) is 11.7. The number of fused-ring (bicyclic) bond motifs is 1. The summed E-state index contributed by atoms with van der Waals surface area (Å²) in [5, 5.41) is 8.80. The standard InChI is InChI=1S/C26H27ClN4O4/c1-26(2)12-17-21(18(32)13-26)22(15-8-6-7-9-16(15)27)31-25(28-17)29-24(30-31)14-10-19(33-3)23(35-5)20(11-14)34-4/h6-11,22H,12-13H2,1-5H3,(H,28,29,30). The summed E-state index contributed by atoms with van der Waals surface area (Å²) in [5.74, 6) is 2.57. The molecule has 8 nitrogen and oxygen atoms in total. The van der Waals surface area contributed by atoms with Crippen molar-refractivity contribution in [1.29, 1.82) is 0 Å². The van der Waals surface area contributed by atoms with Gasteiger partial charge in [-0.05, 0) is 30.0 Å². The first-order chi connectivity index (χ1) is 16.8. The van der Waals surface area contributed by atoms with Crippen LogP contribution in [0.5, 0.6) is 17.2 Å². The molecule has 2 aromatic carbocycles. The number of benzene rings is 2. The number of allylic oxidation sites excluding steroid dienone is 2. The summed E-state index contributed by atoms with van der Waals surface area (Å²) >= 11 is 6.63. The van der Waals surface area contributed by atoms with E-state index >= 15 is 0 Å². The summed E-state index contributed by atoms with van der Waals surface area (Å²) < 4.78 is 18.2. The van der Waals surface area contributed by atoms with Crippen LogP contribution >= 0.6 is 11.6 Å². The van der Waals surface area contributed by atoms with Crippen molar-refractivity contribution in [3.05, 3.63) is 58.3 Å². The molecule has 2 aliphatic rings. The number of rotatable bonds is 5. The van der Waals surface area contributed by atoms with E-state index in [0.29, 0.717) is 51.6 Å². The van der Waals surface area contributed by atoms with Gasteiger partial charge in [-0.1, -0.05) is 43.6 Å². The Balaban J connectivity index is 1.69. The molecule has 1 aromatic heterocycles. The molecule has 0 amide bonds. The van der Waals surface area contributed by atoms with Crippen molar-refractivity contribution in [3.8, 4) is 28.6 Å². The van der Waals surface area contributed by atoms with Gasteiger partial charge in [-0.2, -0.15) is 4.98 Å². The Morgan fingerprint density at radius 3 is 2.37 bits per heavy atom. The van der Waals surface area contributed by atoms with E-state index in [9.17, 15) is 4.79 Å². The van der Waals surface area contributed by atoms with Gasteiger partial charge in [0.2, 0.25) is 11.7 Å². The molecule has 0 bridgehead atoms. The fourth-order valence-corrected chi connectivity index (χ4v) is 5.16. The van der Waals surface area contributed by atoms with Crippen LogP contribution in [0, 0.1) is 5.41 Å². The first kappa shape index (κ1) is 23.2. The van der Waals surface area contributed by atoms with Gasteiger partial charge in [0.05, 0.1) is 21.3 Å². The van der Waals surface area contributed by atoms with E-state index in [1.165, 1.54) is 0 Å². The molecule has 1 atom stereocenters. The second-order valence-corrected chi connectivity index (χ2v) is 9.91. The van der Waals surface area contributed by atoms with Crippen molar-refractivity contribution >= 4 is 23.3 Å². The molecule has 9 heteroatoms. The van der Waals surface area contributed by atoms with Crippen molar-refractivity contribution in [2.75, 3.05) is 26.6 Å². The van der Waals surface area contributed by atoms with E-state index in [0.717, 1.165) is 17.7 Å². The molecule has 0 spiro atoms. The van der Waals surface area contributed by atoms with Crippen LogP contribution in [0.4, 0.5) is 5.95 Å². The van der Waals surface area contributed by atoms with Gasteiger partial charge < -0.3 is 19.5 Å². The normalized spacial score (nSPS) is 18.5. The lowest BCUT2D eigenvalue weighted by molar-refractivity contribution is -0.118. The smallest absolute Gasteiger partial charge is 0.226 e. The lowest BCUT2D eigenvalue weighted by Crippen LogP contribution is -2.36. The van der Waals surface area contributed by atoms with Crippen LogP contribution < -0.4 is 19.5 Å². The van der Waals surface area contributed by atoms with E-state index in [-0.39, 0.29) is 11.2 Å². The first-order valence-electron chi connectivity index (χ1n) is 11.3. The number of carbonyl (C=O) groups is 1. The fraction of sp³-hybridized carbons (Fsp3) is 0.346. The topological polar surface area (TPSA) is 87.5 Å². The number of ether oxygens (including phenoxy) is 3. The third-order valence-corrected chi connectivity index (χ3v) is 6.80. The van der Waals surface area contributed by atoms with Gasteiger partial charge in [-0.15, -0.1) is 5.10 Å². The van der Waals surface area contributed by atoms with E-state index < -0.39 is 6.04 Å². The number of methoxy groups -OCH3 is 3. The van der Waals surface area contributed by atoms with Gasteiger partial charge in [0, 0.05) is 33.8 Å². The largest absolute Gasteiger partial charge is 0.493 e. The zero-order valence-electron chi connectivity index (χ0n) is 20.3. The lowest BCUT2D eigenvalue weighted by Gasteiger charge is -2.38. The van der Waals surface area contributed by atoms with Crippen LogP contribution in [0.3, 0.4) is 0 Å². The SMILES string of the molecule is COc1cc(-c2nc3n(n2)C(c2ccccc2Cl)C2=C(CC(C)(C)CC2=O)N3)cc(OC)c1OC. The van der Waals surface area contributed by atoms with Crippen molar-refractivity contribution in [3.63, 3.8) is 0 Å². The van der Waals surface area contributed by atoms with Crippen molar-refractivity contribution in [2.24, 2.45) is 5.41 Å². The van der Waals surface area contributed by atoms with Crippen LogP contribution in [0.15, 0.2) is 47.7 Å². The number of halogens is 1. The highest BCUT2D eigenvalue weighted by Gasteiger charge is 2.42. The highest BCUT2D eigenvalue weighted by molar-refractivity contribution is 6.31. The number of nitrogens with zero attached hydrogens (tertiary/aromatic N) is 3. The van der Waals surface area contributed by atoms with Crippen molar-refractivity contribution < 1.29 is 19.0 Å². The molecule has 1 unspecified atom stereocenters. The van der Waals surface area contributed by atoms with Crippen LogP contribution in [0.25, 0.3) is 11.4 Å². The molecule has 0 radical (unpaired) electrons. The minimum atomic E-state index is -0.484. The van der Waals surface area contributed by atoms with Crippen molar-refractivity contribution in [1.82, 2.24) is 14.8 Å². The number of Topliss-reactive ketones (excluding diaryl/α,β-unsaturated/α-hetero) is 1. The predicted octanol–water partition coefficient (Wildman–Crippen LogP) is 5.28. The Labute approximate surface area is 208 Å².